The summed E-state index contributed by atoms with van der Waals surface area (Å²) in [6.45, 7) is 2.01. The van der Waals surface area contributed by atoms with Crippen LogP contribution in [0.25, 0.3) is 10.8 Å². The molecule has 0 spiro atoms. The Bertz CT molecular complexity index is 717. The number of hydrazine groups is 1. The van der Waals surface area contributed by atoms with Gasteiger partial charge in [0.15, 0.2) is 0 Å². The fraction of sp³-hybridized carbons (Fsp3) is 0.200. The molecule has 2 aromatic heterocycles. The van der Waals surface area contributed by atoms with Gasteiger partial charge in [-0.2, -0.15) is 0 Å². The lowest BCUT2D eigenvalue weighted by Crippen LogP contribution is -2.29. The number of aromatic nitrogens is 2. The molecule has 0 radical (unpaired) electrons. The van der Waals surface area contributed by atoms with Crippen molar-refractivity contribution in [3.05, 3.63) is 58.3 Å². The smallest absolute Gasteiger partial charge is 0.0947 e. The fourth-order valence-corrected chi connectivity index (χ4v) is 3.20. The van der Waals surface area contributed by atoms with Crippen LogP contribution >= 0.6 is 11.3 Å². The lowest BCUT2D eigenvalue weighted by atomic mass is 9.98. The highest BCUT2D eigenvalue weighted by atomic mass is 32.1. The van der Waals surface area contributed by atoms with Crippen LogP contribution in [-0.2, 0) is 6.42 Å². The number of pyridine rings is 1. The maximum atomic E-state index is 5.76. The molecule has 0 saturated heterocycles. The molecule has 0 amide bonds. The monoisotopic (exact) mass is 284 g/mol. The standard InChI is InChI=1S/C15H16N4S/c1-10-9-20-15(18-10)7-14(19-16)13-4-2-3-11-8-17-6-5-12(11)13/h2-6,8-9,14,19H,7,16H2,1H3. The second kappa shape index (κ2) is 5.66. The SMILES string of the molecule is Cc1csc(CC(NN)c2cccc3cnccc23)n1. The van der Waals surface area contributed by atoms with Crippen molar-refractivity contribution >= 4 is 22.1 Å². The van der Waals surface area contributed by atoms with E-state index < -0.39 is 0 Å². The maximum Gasteiger partial charge on any atom is 0.0947 e. The van der Waals surface area contributed by atoms with Gasteiger partial charge in [-0.1, -0.05) is 18.2 Å². The Morgan fingerprint density at radius 2 is 2.25 bits per heavy atom. The topological polar surface area (TPSA) is 63.8 Å². The van der Waals surface area contributed by atoms with Crippen LogP contribution in [0.3, 0.4) is 0 Å². The molecule has 5 heteroatoms. The van der Waals surface area contributed by atoms with Gasteiger partial charge in [0.1, 0.15) is 0 Å². The van der Waals surface area contributed by atoms with E-state index in [9.17, 15) is 0 Å². The van der Waals surface area contributed by atoms with E-state index in [4.69, 9.17) is 5.84 Å². The molecule has 0 aliphatic rings. The average Bonchev–Trinajstić information content (AvgIpc) is 2.89. The summed E-state index contributed by atoms with van der Waals surface area (Å²) in [4.78, 5) is 8.68. The molecule has 2 heterocycles. The summed E-state index contributed by atoms with van der Waals surface area (Å²) in [7, 11) is 0. The van der Waals surface area contributed by atoms with E-state index >= 15 is 0 Å². The second-order valence-corrected chi connectivity index (χ2v) is 5.69. The predicted octanol–water partition coefficient (Wildman–Crippen LogP) is 2.75. The summed E-state index contributed by atoms with van der Waals surface area (Å²) < 4.78 is 0. The number of hydrogen-bond donors (Lipinski definition) is 2. The van der Waals surface area contributed by atoms with E-state index in [2.05, 4.69) is 32.9 Å². The lowest BCUT2D eigenvalue weighted by molar-refractivity contribution is 0.554. The number of thiazole rings is 1. The molecule has 4 nitrogen and oxygen atoms in total. The van der Waals surface area contributed by atoms with Crippen molar-refractivity contribution < 1.29 is 0 Å². The zero-order valence-electron chi connectivity index (χ0n) is 11.2. The van der Waals surface area contributed by atoms with Crippen LogP contribution in [0.5, 0.6) is 0 Å². The van der Waals surface area contributed by atoms with E-state index in [0.717, 1.165) is 22.5 Å². The molecule has 20 heavy (non-hydrogen) atoms. The summed E-state index contributed by atoms with van der Waals surface area (Å²) in [5.74, 6) is 5.76. The molecular weight excluding hydrogens is 268 g/mol. The van der Waals surface area contributed by atoms with Crippen molar-refractivity contribution in [3.63, 3.8) is 0 Å². The molecule has 3 rings (SSSR count). The number of aryl methyl sites for hydroxylation is 1. The zero-order chi connectivity index (χ0) is 13.9. The van der Waals surface area contributed by atoms with Gasteiger partial charge < -0.3 is 0 Å². The molecule has 0 aliphatic heterocycles. The van der Waals surface area contributed by atoms with Crippen molar-refractivity contribution in [1.82, 2.24) is 15.4 Å². The third-order valence-corrected chi connectivity index (χ3v) is 4.33. The van der Waals surface area contributed by atoms with Crippen molar-refractivity contribution in [2.45, 2.75) is 19.4 Å². The van der Waals surface area contributed by atoms with E-state index in [1.165, 1.54) is 10.9 Å². The van der Waals surface area contributed by atoms with E-state index in [-0.39, 0.29) is 6.04 Å². The molecule has 0 aliphatic carbocycles. The van der Waals surface area contributed by atoms with Gasteiger partial charge in [-0.25, -0.2) is 4.98 Å². The summed E-state index contributed by atoms with van der Waals surface area (Å²) in [5, 5.41) is 5.46. The van der Waals surface area contributed by atoms with Crippen LogP contribution in [0, 0.1) is 6.92 Å². The number of hydrogen-bond acceptors (Lipinski definition) is 5. The van der Waals surface area contributed by atoms with Crippen molar-refractivity contribution in [3.8, 4) is 0 Å². The molecular formula is C15H16N4S. The minimum atomic E-state index is 0.0478. The Morgan fingerprint density at radius 3 is 3.00 bits per heavy atom. The first-order chi connectivity index (χ1) is 9.78. The Morgan fingerprint density at radius 1 is 1.35 bits per heavy atom. The minimum Gasteiger partial charge on any atom is -0.271 e. The molecule has 102 valence electrons. The molecule has 0 bridgehead atoms. The molecule has 1 atom stereocenters. The van der Waals surface area contributed by atoms with E-state index in [0.29, 0.717) is 0 Å². The first-order valence-electron chi connectivity index (χ1n) is 6.47. The minimum absolute atomic E-state index is 0.0478. The Labute approximate surface area is 121 Å². The largest absolute Gasteiger partial charge is 0.271 e. The number of fused-ring (bicyclic) bond motifs is 1. The lowest BCUT2D eigenvalue weighted by Gasteiger charge is -2.17. The van der Waals surface area contributed by atoms with Gasteiger partial charge >= 0.3 is 0 Å². The second-order valence-electron chi connectivity index (χ2n) is 4.75. The van der Waals surface area contributed by atoms with Gasteiger partial charge in [0.2, 0.25) is 0 Å². The van der Waals surface area contributed by atoms with Gasteiger partial charge in [-0.05, 0) is 23.9 Å². The highest BCUT2D eigenvalue weighted by Gasteiger charge is 2.15. The van der Waals surface area contributed by atoms with Crippen molar-refractivity contribution in [2.75, 3.05) is 0 Å². The summed E-state index contributed by atoms with van der Waals surface area (Å²) in [5.41, 5.74) is 5.15. The highest BCUT2D eigenvalue weighted by molar-refractivity contribution is 7.09. The third kappa shape index (κ3) is 2.56. The molecule has 0 fully saturated rings. The van der Waals surface area contributed by atoms with Crippen LogP contribution in [-0.4, -0.2) is 9.97 Å². The number of nitrogens with one attached hydrogen (secondary N) is 1. The number of benzene rings is 1. The molecule has 1 aromatic carbocycles. The normalized spacial score (nSPS) is 12.7. The van der Waals surface area contributed by atoms with Crippen molar-refractivity contribution in [2.24, 2.45) is 5.84 Å². The van der Waals surface area contributed by atoms with Crippen LogP contribution in [0.4, 0.5) is 0 Å². The van der Waals surface area contributed by atoms with Gasteiger partial charge in [-0.3, -0.25) is 16.3 Å². The molecule has 1 unspecified atom stereocenters. The number of nitrogens with zero attached hydrogens (tertiary/aromatic N) is 2. The van der Waals surface area contributed by atoms with E-state index in [1.807, 2.05) is 31.5 Å². The molecule has 3 N–H and O–H groups in total. The van der Waals surface area contributed by atoms with Crippen LogP contribution in [0.15, 0.2) is 42.0 Å². The van der Waals surface area contributed by atoms with Gasteiger partial charge in [0.05, 0.1) is 11.0 Å². The predicted molar refractivity (Wildman–Crippen MR) is 82.4 cm³/mol. The summed E-state index contributed by atoms with van der Waals surface area (Å²) in [6, 6.07) is 8.28. The Hall–Kier alpha value is -1.82. The van der Waals surface area contributed by atoms with Crippen LogP contribution in [0.1, 0.15) is 22.3 Å². The zero-order valence-corrected chi connectivity index (χ0v) is 12.0. The van der Waals surface area contributed by atoms with Crippen molar-refractivity contribution in [1.29, 1.82) is 0 Å². The molecule has 0 saturated carbocycles. The van der Waals surface area contributed by atoms with E-state index in [1.54, 1.807) is 11.3 Å². The van der Waals surface area contributed by atoms with Crippen LogP contribution < -0.4 is 11.3 Å². The van der Waals surface area contributed by atoms with Gasteiger partial charge in [-0.15, -0.1) is 11.3 Å². The summed E-state index contributed by atoms with van der Waals surface area (Å²) >= 11 is 1.67. The molecule has 3 aromatic rings. The summed E-state index contributed by atoms with van der Waals surface area (Å²) in [6.07, 6.45) is 4.48. The first kappa shape index (κ1) is 13.2. The third-order valence-electron chi connectivity index (χ3n) is 3.34. The number of rotatable bonds is 4. The van der Waals surface area contributed by atoms with Crippen LogP contribution in [0.2, 0.25) is 0 Å². The Kier molecular flexibility index (Phi) is 3.73. The first-order valence-corrected chi connectivity index (χ1v) is 7.35. The van der Waals surface area contributed by atoms with Gasteiger partial charge in [0.25, 0.3) is 0 Å². The quantitative estimate of drug-likeness (QED) is 0.571. The average molecular weight is 284 g/mol. The van der Waals surface area contributed by atoms with Gasteiger partial charge in [0, 0.05) is 35.3 Å². The maximum absolute atomic E-state index is 5.76. The number of nitrogens with two attached hydrogens (primary N) is 1. The highest BCUT2D eigenvalue weighted by Crippen LogP contribution is 2.26. The fourth-order valence-electron chi connectivity index (χ4n) is 2.38. The Balaban J connectivity index is 1.98.